The van der Waals surface area contributed by atoms with Gasteiger partial charge in [0, 0.05) is 8.44 Å². The highest BCUT2D eigenvalue weighted by atomic mass is 127. The van der Waals surface area contributed by atoms with Crippen LogP contribution in [0.4, 0.5) is 0 Å². The molecule has 2 bridgehead atoms. The second-order valence-electron chi connectivity index (χ2n) is 4.87. The van der Waals surface area contributed by atoms with E-state index in [9.17, 15) is 0 Å². The van der Waals surface area contributed by atoms with Crippen molar-refractivity contribution in [3.05, 3.63) is 34.3 Å². The fourth-order valence-electron chi connectivity index (χ4n) is 3.13. The largest absolute Gasteiger partial charge is 0.0840 e. The molecule has 74 valence electrons. The average Bonchev–Trinajstić information content (AvgIpc) is 2.03. The SMILES string of the molecule is Cc1c(Cl)cccc1C12CC(I)(C1)C2. The quantitative estimate of drug-likeness (QED) is 0.536. The molecule has 0 radical (unpaired) electrons. The number of halogens is 2. The second-order valence-corrected chi connectivity index (χ2v) is 7.57. The maximum absolute atomic E-state index is 6.15. The van der Waals surface area contributed by atoms with Gasteiger partial charge in [0.05, 0.1) is 0 Å². The Morgan fingerprint density at radius 2 is 1.93 bits per heavy atom. The van der Waals surface area contributed by atoms with Crippen molar-refractivity contribution >= 4 is 34.2 Å². The number of alkyl halides is 1. The molecular formula is C12H12ClI. The molecule has 0 N–H and O–H groups in total. The van der Waals surface area contributed by atoms with Gasteiger partial charge in [0.15, 0.2) is 0 Å². The molecule has 3 saturated carbocycles. The standard InChI is InChI=1S/C12H12ClI/c1-8-9(3-2-4-10(8)13)11-5-12(14,6-11)7-11/h2-4H,5-7H2,1H3. The molecule has 0 heterocycles. The molecule has 0 spiro atoms. The molecule has 0 unspecified atom stereocenters. The van der Waals surface area contributed by atoms with Crippen LogP contribution in [0.25, 0.3) is 0 Å². The molecule has 1 aromatic carbocycles. The first kappa shape index (κ1) is 9.46. The van der Waals surface area contributed by atoms with Crippen LogP contribution in [0.3, 0.4) is 0 Å². The smallest absolute Gasteiger partial charge is 0.0438 e. The summed E-state index contributed by atoms with van der Waals surface area (Å²) in [5.41, 5.74) is 3.31. The Balaban J connectivity index is 2.02. The summed E-state index contributed by atoms with van der Waals surface area (Å²) in [6.45, 7) is 2.15. The van der Waals surface area contributed by atoms with E-state index in [0.29, 0.717) is 8.84 Å². The van der Waals surface area contributed by atoms with E-state index in [4.69, 9.17) is 11.6 Å². The van der Waals surface area contributed by atoms with E-state index in [1.807, 2.05) is 6.07 Å². The zero-order valence-electron chi connectivity index (χ0n) is 8.11. The Labute approximate surface area is 103 Å². The van der Waals surface area contributed by atoms with Gasteiger partial charge in [-0.05, 0) is 48.8 Å². The van der Waals surface area contributed by atoms with Crippen LogP contribution >= 0.6 is 34.2 Å². The molecule has 0 saturated heterocycles. The first-order valence-electron chi connectivity index (χ1n) is 4.99. The van der Waals surface area contributed by atoms with Gasteiger partial charge in [0.25, 0.3) is 0 Å². The van der Waals surface area contributed by atoms with Crippen LogP contribution < -0.4 is 0 Å². The van der Waals surface area contributed by atoms with Gasteiger partial charge in [0.2, 0.25) is 0 Å². The third kappa shape index (κ3) is 1.06. The zero-order valence-corrected chi connectivity index (χ0v) is 11.0. The van der Waals surface area contributed by atoms with E-state index >= 15 is 0 Å². The number of benzene rings is 1. The third-order valence-electron chi connectivity index (χ3n) is 3.80. The highest BCUT2D eigenvalue weighted by Crippen LogP contribution is 2.72. The van der Waals surface area contributed by atoms with E-state index in [0.717, 1.165) is 5.02 Å². The normalized spacial score (nSPS) is 38.8. The van der Waals surface area contributed by atoms with E-state index < -0.39 is 0 Å². The van der Waals surface area contributed by atoms with E-state index in [-0.39, 0.29) is 0 Å². The summed E-state index contributed by atoms with van der Waals surface area (Å²) >= 11 is 8.77. The molecule has 3 aliphatic carbocycles. The van der Waals surface area contributed by atoms with Crippen molar-refractivity contribution in [2.24, 2.45) is 0 Å². The maximum atomic E-state index is 6.15. The first-order chi connectivity index (χ1) is 6.55. The highest BCUT2D eigenvalue weighted by Gasteiger charge is 2.67. The molecular weight excluding hydrogens is 306 g/mol. The Bertz CT molecular complexity index is 391. The van der Waals surface area contributed by atoms with Crippen LogP contribution in [-0.2, 0) is 5.41 Å². The van der Waals surface area contributed by atoms with Gasteiger partial charge in [0.1, 0.15) is 0 Å². The van der Waals surface area contributed by atoms with Crippen LogP contribution in [0.5, 0.6) is 0 Å². The lowest BCUT2D eigenvalue weighted by Gasteiger charge is -2.69. The molecule has 3 aliphatic rings. The molecule has 0 atom stereocenters. The molecule has 0 amide bonds. The second kappa shape index (κ2) is 2.67. The summed E-state index contributed by atoms with van der Waals surface area (Å²) in [6.07, 6.45) is 4.09. The lowest BCUT2D eigenvalue weighted by atomic mass is 9.42. The van der Waals surface area contributed by atoms with Crippen molar-refractivity contribution in [2.45, 2.75) is 35.0 Å². The fraction of sp³-hybridized carbons (Fsp3) is 0.500. The van der Waals surface area contributed by atoms with E-state index in [1.54, 1.807) is 0 Å². The summed E-state index contributed by atoms with van der Waals surface area (Å²) in [7, 11) is 0. The molecule has 0 aliphatic heterocycles. The maximum Gasteiger partial charge on any atom is 0.0438 e. The van der Waals surface area contributed by atoms with Gasteiger partial charge in [-0.25, -0.2) is 0 Å². The van der Waals surface area contributed by atoms with Crippen molar-refractivity contribution in [1.29, 1.82) is 0 Å². The van der Waals surface area contributed by atoms with Crippen molar-refractivity contribution < 1.29 is 0 Å². The minimum atomic E-state index is 0.510. The summed E-state index contributed by atoms with van der Waals surface area (Å²) in [6, 6.07) is 6.34. The summed E-state index contributed by atoms with van der Waals surface area (Å²) in [5.74, 6) is 0. The van der Waals surface area contributed by atoms with Crippen LogP contribution in [0, 0.1) is 6.92 Å². The first-order valence-corrected chi connectivity index (χ1v) is 6.45. The molecule has 4 rings (SSSR count). The monoisotopic (exact) mass is 318 g/mol. The Morgan fingerprint density at radius 3 is 2.50 bits per heavy atom. The van der Waals surface area contributed by atoms with Crippen molar-refractivity contribution in [2.75, 3.05) is 0 Å². The topological polar surface area (TPSA) is 0 Å². The predicted octanol–water partition coefficient (Wildman–Crippen LogP) is 4.26. The number of rotatable bonds is 1. The Morgan fingerprint density at radius 1 is 1.29 bits per heavy atom. The Kier molecular flexibility index (Phi) is 1.81. The molecule has 3 fully saturated rings. The summed E-state index contributed by atoms with van der Waals surface area (Å²) in [5, 5.41) is 0.926. The van der Waals surface area contributed by atoms with Gasteiger partial charge in [-0.3, -0.25) is 0 Å². The zero-order chi connectivity index (χ0) is 9.97. The number of hydrogen-bond donors (Lipinski definition) is 0. The van der Waals surface area contributed by atoms with Gasteiger partial charge < -0.3 is 0 Å². The van der Waals surface area contributed by atoms with Crippen LogP contribution in [0.2, 0.25) is 5.02 Å². The summed E-state index contributed by atoms with van der Waals surface area (Å²) in [4.78, 5) is 0. The van der Waals surface area contributed by atoms with Gasteiger partial charge in [-0.15, -0.1) is 0 Å². The van der Waals surface area contributed by atoms with Crippen molar-refractivity contribution in [3.8, 4) is 0 Å². The van der Waals surface area contributed by atoms with E-state index in [2.05, 4.69) is 41.6 Å². The molecule has 1 aromatic rings. The minimum absolute atomic E-state index is 0.510. The molecule has 2 heteroatoms. The van der Waals surface area contributed by atoms with Gasteiger partial charge in [-0.1, -0.05) is 46.3 Å². The molecule has 0 aromatic heterocycles. The third-order valence-corrected chi connectivity index (χ3v) is 5.36. The number of hydrogen-bond acceptors (Lipinski definition) is 0. The van der Waals surface area contributed by atoms with Crippen molar-refractivity contribution in [3.63, 3.8) is 0 Å². The van der Waals surface area contributed by atoms with Crippen molar-refractivity contribution in [1.82, 2.24) is 0 Å². The average molecular weight is 319 g/mol. The minimum Gasteiger partial charge on any atom is -0.0840 e. The highest BCUT2D eigenvalue weighted by molar-refractivity contribution is 14.1. The van der Waals surface area contributed by atoms with Crippen LogP contribution in [-0.4, -0.2) is 3.42 Å². The van der Waals surface area contributed by atoms with Gasteiger partial charge >= 0.3 is 0 Å². The lowest BCUT2D eigenvalue weighted by Crippen LogP contribution is -2.66. The predicted molar refractivity (Wildman–Crippen MR) is 68.5 cm³/mol. The van der Waals surface area contributed by atoms with Gasteiger partial charge in [-0.2, -0.15) is 0 Å². The molecule has 0 nitrogen and oxygen atoms in total. The van der Waals surface area contributed by atoms with E-state index in [1.165, 1.54) is 30.4 Å². The lowest BCUT2D eigenvalue weighted by molar-refractivity contribution is 0.0215. The van der Waals surface area contributed by atoms with Crippen LogP contribution in [0.1, 0.15) is 30.4 Å². The van der Waals surface area contributed by atoms with Crippen LogP contribution in [0.15, 0.2) is 18.2 Å². The fourth-order valence-corrected chi connectivity index (χ4v) is 5.50. The molecule has 14 heavy (non-hydrogen) atoms. The Hall–Kier alpha value is 0.240. The summed E-state index contributed by atoms with van der Waals surface area (Å²) < 4.78 is 0.645.